The lowest BCUT2D eigenvalue weighted by Crippen LogP contribution is -2.22. The van der Waals surface area contributed by atoms with E-state index in [0.717, 1.165) is 5.69 Å². The molecule has 0 aromatic heterocycles. The molecule has 0 atom stereocenters. The van der Waals surface area contributed by atoms with Crippen LogP contribution in [0.3, 0.4) is 0 Å². The Morgan fingerprint density at radius 1 is 1.13 bits per heavy atom. The first kappa shape index (κ1) is 16.2. The van der Waals surface area contributed by atoms with E-state index in [4.69, 9.17) is 0 Å². The van der Waals surface area contributed by atoms with Crippen molar-refractivity contribution in [3.8, 4) is 0 Å². The number of allylic oxidation sites excluding steroid dienone is 2. The number of likely N-dealkylation sites (N-methyl/N-ethyl adjacent to an activating group) is 1. The van der Waals surface area contributed by atoms with Crippen LogP contribution in [-0.2, 0) is 5.41 Å². The third-order valence-corrected chi connectivity index (χ3v) is 5.75. The summed E-state index contributed by atoms with van der Waals surface area (Å²) in [7, 11) is 2.13. The lowest BCUT2D eigenvalue weighted by Gasteiger charge is -2.23. The van der Waals surface area contributed by atoms with Crippen molar-refractivity contribution in [3.63, 3.8) is 0 Å². The molecular formula is C20H21IN2. The van der Waals surface area contributed by atoms with Crippen LogP contribution in [0.4, 0.5) is 11.4 Å². The van der Waals surface area contributed by atoms with Gasteiger partial charge in [0.05, 0.1) is 5.69 Å². The predicted molar refractivity (Wildman–Crippen MR) is 108 cm³/mol. The van der Waals surface area contributed by atoms with Gasteiger partial charge in [-0.2, -0.15) is 0 Å². The van der Waals surface area contributed by atoms with Crippen molar-refractivity contribution in [2.24, 2.45) is 4.99 Å². The number of para-hydroxylation sites is 1. The van der Waals surface area contributed by atoms with Gasteiger partial charge in [0.15, 0.2) is 0 Å². The molecule has 0 radical (unpaired) electrons. The van der Waals surface area contributed by atoms with Gasteiger partial charge in [0, 0.05) is 33.6 Å². The molecule has 2 aromatic rings. The molecule has 0 bridgehead atoms. The first-order chi connectivity index (χ1) is 10.9. The summed E-state index contributed by atoms with van der Waals surface area (Å²) >= 11 is 2.35. The Bertz CT molecular complexity index is 803. The summed E-state index contributed by atoms with van der Waals surface area (Å²) in [4.78, 5) is 6.87. The van der Waals surface area contributed by atoms with E-state index in [1.54, 1.807) is 0 Å². The summed E-state index contributed by atoms with van der Waals surface area (Å²) in [6, 6.07) is 14.9. The van der Waals surface area contributed by atoms with E-state index in [-0.39, 0.29) is 5.41 Å². The Morgan fingerprint density at radius 2 is 1.87 bits per heavy atom. The highest BCUT2D eigenvalue weighted by molar-refractivity contribution is 14.1. The second kappa shape index (κ2) is 6.11. The van der Waals surface area contributed by atoms with E-state index in [9.17, 15) is 0 Å². The van der Waals surface area contributed by atoms with Crippen LogP contribution in [-0.4, -0.2) is 13.3 Å². The minimum Gasteiger partial charge on any atom is -0.347 e. The fourth-order valence-electron chi connectivity index (χ4n) is 3.20. The van der Waals surface area contributed by atoms with Crippen LogP contribution in [0.2, 0.25) is 0 Å². The first-order valence-corrected chi connectivity index (χ1v) is 8.83. The van der Waals surface area contributed by atoms with E-state index in [1.807, 2.05) is 6.21 Å². The van der Waals surface area contributed by atoms with Crippen molar-refractivity contribution < 1.29 is 0 Å². The lowest BCUT2D eigenvalue weighted by atomic mass is 9.84. The number of nitrogens with zero attached hydrogens (tertiary/aromatic N) is 2. The Labute approximate surface area is 152 Å². The topological polar surface area (TPSA) is 15.6 Å². The molecule has 0 amide bonds. The molecule has 0 N–H and O–H groups in total. The highest BCUT2D eigenvalue weighted by Crippen LogP contribution is 2.46. The quantitative estimate of drug-likeness (QED) is 0.459. The van der Waals surface area contributed by atoms with Crippen molar-refractivity contribution in [1.82, 2.24) is 0 Å². The molecule has 0 fully saturated rings. The minimum absolute atomic E-state index is 0.000648. The summed E-state index contributed by atoms with van der Waals surface area (Å²) < 4.78 is 1.27. The summed E-state index contributed by atoms with van der Waals surface area (Å²) in [5.74, 6) is 0. The number of aliphatic imine (C=N–C) groups is 1. The molecule has 118 valence electrons. The standard InChI is InChI=1S/C20H21IN2/c1-14-13-15(9-10-17(14)21)22-12-11-19-20(2,3)16-7-5-6-8-18(16)23(19)4/h5-13H,1-4H3/b19-11-,22-12?. The molecule has 23 heavy (non-hydrogen) atoms. The number of halogens is 1. The maximum Gasteiger partial charge on any atom is 0.0633 e. The molecule has 2 aromatic carbocycles. The Morgan fingerprint density at radius 3 is 2.57 bits per heavy atom. The smallest absolute Gasteiger partial charge is 0.0633 e. The first-order valence-electron chi connectivity index (χ1n) is 7.75. The molecule has 2 nitrogen and oxygen atoms in total. The van der Waals surface area contributed by atoms with Gasteiger partial charge in [-0.3, -0.25) is 4.99 Å². The number of hydrogen-bond donors (Lipinski definition) is 0. The van der Waals surface area contributed by atoms with Gasteiger partial charge in [0.2, 0.25) is 0 Å². The molecule has 0 aliphatic carbocycles. The molecule has 1 heterocycles. The zero-order valence-corrected chi connectivity index (χ0v) is 16.1. The van der Waals surface area contributed by atoms with Gasteiger partial charge in [0.1, 0.15) is 0 Å². The Hall–Kier alpha value is -1.62. The molecule has 0 saturated heterocycles. The zero-order chi connectivity index (χ0) is 16.6. The van der Waals surface area contributed by atoms with Crippen molar-refractivity contribution in [2.45, 2.75) is 26.2 Å². The van der Waals surface area contributed by atoms with Crippen LogP contribution in [0.5, 0.6) is 0 Å². The summed E-state index contributed by atoms with van der Waals surface area (Å²) in [5.41, 5.74) is 6.17. The average Bonchev–Trinajstić information content (AvgIpc) is 2.72. The fourth-order valence-corrected chi connectivity index (χ4v) is 3.54. The fraction of sp³-hybridized carbons (Fsp3) is 0.250. The molecular weight excluding hydrogens is 395 g/mol. The van der Waals surface area contributed by atoms with Crippen LogP contribution in [0, 0.1) is 10.5 Å². The number of hydrogen-bond acceptors (Lipinski definition) is 2. The largest absolute Gasteiger partial charge is 0.347 e. The number of rotatable bonds is 2. The summed E-state index contributed by atoms with van der Waals surface area (Å²) in [6.45, 7) is 6.65. The van der Waals surface area contributed by atoms with Gasteiger partial charge in [-0.05, 0) is 71.0 Å². The van der Waals surface area contributed by atoms with Crippen LogP contribution in [0.25, 0.3) is 0 Å². The van der Waals surface area contributed by atoms with E-state index in [1.165, 1.54) is 26.1 Å². The Kier molecular flexibility index (Phi) is 4.32. The van der Waals surface area contributed by atoms with Crippen molar-refractivity contribution >= 4 is 40.2 Å². The maximum atomic E-state index is 4.60. The molecule has 0 saturated carbocycles. The normalized spacial score (nSPS) is 18.0. The number of aryl methyl sites for hydroxylation is 1. The monoisotopic (exact) mass is 416 g/mol. The lowest BCUT2D eigenvalue weighted by molar-refractivity contribution is 0.641. The van der Waals surface area contributed by atoms with Gasteiger partial charge < -0.3 is 4.90 Å². The Balaban J connectivity index is 1.91. The number of benzene rings is 2. The summed E-state index contributed by atoms with van der Waals surface area (Å²) in [6.07, 6.45) is 4.05. The second-order valence-corrected chi connectivity index (χ2v) is 7.63. The van der Waals surface area contributed by atoms with Crippen molar-refractivity contribution in [1.29, 1.82) is 0 Å². The third-order valence-electron chi connectivity index (χ3n) is 4.54. The van der Waals surface area contributed by atoms with Crippen molar-refractivity contribution in [3.05, 3.63) is 68.9 Å². The van der Waals surface area contributed by atoms with Gasteiger partial charge in [-0.25, -0.2) is 0 Å². The van der Waals surface area contributed by atoms with Crippen LogP contribution in [0.15, 0.2) is 59.2 Å². The van der Waals surface area contributed by atoms with Gasteiger partial charge in [-0.15, -0.1) is 0 Å². The third kappa shape index (κ3) is 2.94. The van der Waals surface area contributed by atoms with Gasteiger partial charge in [0.25, 0.3) is 0 Å². The highest BCUT2D eigenvalue weighted by Gasteiger charge is 2.37. The van der Waals surface area contributed by atoms with Crippen LogP contribution >= 0.6 is 22.6 Å². The van der Waals surface area contributed by atoms with E-state index >= 15 is 0 Å². The van der Waals surface area contributed by atoms with Crippen LogP contribution in [0.1, 0.15) is 25.0 Å². The summed E-state index contributed by atoms with van der Waals surface area (Å²) in [5, 5.41) is 0. The van der Waals surface area contributed by atoms with E-state index in [0.29, 0.717) is 0 Å². The molecule has 1 aliphatic rings. The average molecular weight is 416 g/mol. The molecule has 0 unspecified atom stereocenters. The van der Waals surface area contributed by atoms with E-state index < -0.39 is 0 Å². The van der Waals surface area contributed by atoms with E-state index in [2.05, 4.69) is 109 Å². The highest BCUT2D eigenvalue weighted by atomic mass is 127. The number of fused-ring (bicyclic) bond motifs is 1. The number of anilines is 1. The molecule has 0 spiro atoms. The molecule has 3 rings (SSSR count). The van der Waals surface area contributed by atoms with Crippen LogP contribution < -0.4 is 4.90 Å². The molecule has 3 heteroatoms. The SMILES string of the molecule is Cc1cc(N=C/C=C2\N(C)c3ccccc3C2(C)C)ccc1I. The van der Waals surface area contributed by atoms with Gasteiger partial charge in [-0.1, -0.05) is 32.0 Å². The van der Waals surface area contributed by atoms with Gasteiger partial charge >= 0.3 is 0 Å². The van der Waals surface area contributed by atoms with Crippen molar-refractivity contribution in [2.75, 3.05) is 11.9 Å². The zero-order valence-electron chi connectivity index (χ0n) is 14.0. The second-order valence-electron chi connectivity index (χ2n) is 6.46. The minimum atomic E-state index is -0.000648. The molecule has 1 aliphatic heterocycles. The predicted octanol–water partition coefficient (Wildman–Crippen LogP) is 5.61. The maximum absolute atomic E-state index is 4.60.